The zero-order valence-corrected chi connectivity index (χ0v) is 14.8. The van der Waals surface area contributed by atoms with Crippen LogP contribution in [0.5, 0.6) is 0 Å². The Labute approximate surface area is 151 Å². The van der Waals surface area contributed by atoms with Gasteiger partial charge in [-0.05, 0) is 29.8 Å². The molecule has 1 aromatic carbocycles. The summed E-state index contributed by atoms with van der Waals surface area (Å²) in [5, 5.41) is 0. The van der Waals surface area contributed by atoms with Gasteiger partial charge in [-0.1, -0.05) is 12.1 Å². The van der Waals surface area contributed by atoms with Crippen LogP contribution in [0.25, 0.3) is 0 Å². The second kappa shape index (κ2) is 6.16. The molecule has 0 N–H and O–H groups in total. The van der Waals surface area contributed by atoms with Crippen molar-refractivity contribution in [1.82, 2.24) is 19.3 Å². The quantitative estimate of drug-likeness (QED) is 0.828. The lowest BCUT2D eigenvalue weighted by Crippen LogP contribution is -2.50. The largest absolute Gasteiger partial charge is 0.337 e. The second-order valence-electron chi connectivity index (χ2n) is 7.08. The minimum atomic E-state index is -0.297. The van der Waals surface area contributed by atoms with Crippen LogP contribution < -0.4 is 0 Å². The Kier molecular flexibility index (Phi) is 3.94. The molecule has 1 fully saturated rings. The summed E-state index contributed by atoms with van der Waals surface area (Å²) in [6.45, 7) is 1.46. The van der Waals surface area contributed by atoms with E-state index in [2.05, 4.69) is 0 Å². The van der Waals surface area contributed by atoms with Crippen LogP contribution in [0.2, 0.25) is 0 Å². The van der Waals surface area contributed by atoms with Crippen molar-refractivity contribution in [1.29, 1.82) is 0 Å². The van der Waals surface area contributed by atoms with Crippen LogP contribution in [0, 0.1) is 5.82 Å². The Morgan fingerprint density at radius 1 is 1.15 bits per heavy atom. The minimum Gasteiger partial charge on any atom is -0.337 e. The fourth-order valence-electron chi connectivity index (χ4n) is 3.93. The molecule has 4 rings (SSSR count). The van der Waals surface area contributed by atoms with Gasteiger partial charge in [0.1, 0.15) is 11.5 Å². The van der Waals surface area contributed by atoms with Crippen molar-refractivity contribution in [3.05, 3.63) is 59.7 Å². The van der Waals surface area contributed by atoms with Gasteiger partial charge in [-0.15, -0.1) is 0 Å². The predicted octanol–water partition coefficient (Wildman–Crippen LogP) is 2.19. The van der Waals surface area contributed by atoms with Gasteiger partial charge in [0.05, 0.1) is 12.1 Å². The molecule has 2 aliphatic rings. The number of amides is 3. The van der Waals surface area contributed by atoms with E-state index in [4.69, 9.17) is 0 Å². The van der Waals surface area contributed by atoms with Crippen molar-refractivity contribution in [3.8, 4) is 0 Å². The van der Waals surface area contributed by atoms with Crippen LogP contribution >= 0.6 is 0 Å². The van der Waals surface area contributed by atoms with Crippen LogP contribution in [0.4, 0.5) is 9.18 Å². The zero-order chi connectivity index (χ0) is 18.4. The van der Waals surface area contributed by atoms with Gasteiger partial charge < -0.3 is 19.3 Å². The number of hydrogen-bond acceptors (Lipinski definition) is 2. The van der Waals surface area contributed by atoms with Gasteiger partial charge in [-0.2, -0.15) is 0 Å². The van der Waals surface area contributed by atoms with Crippen molar-refractivity contribution < 1.29 is 14.0 Å². The van der Waals surface area contributed by atoms with Crippen LogP contribution in [0.3, 0.4) is 0 Å². The number of carbonyl (C=O) groups excluding carboxylic acids is 2. The van der Waals surface area contributed by atoms with E-state index in [-0.39, 0.29) is 29.8 Å². The topological polar surface area (TPSA) is 48.8 Å². The molecule has 0 spiro atoms. The standard InChI is InChI=1S/C19H21FN4O2/c1-21(2)19(26)22-11-16-17(12-22)24(10-13-5-7-14(20)8-6-13)18(25)15-4-3-9-23(15)16/h3-9,16-17H,10-12H2,1-2H3/t16-,17-/m1/s1. The summed E-state index contributed by atoms with van der Waals surface area (Å²) >= 11 is 0. The highest BCUT2D eigenvalue weighted by Gasteiger charge is 2.46. The first kappa shape index (κ1) is 16.6. The summed E-state index contributed by atoms with van der Waals surface area (Å²) in [5.74, 6) is -0.353. The molecular formula is C19H21FN4O2. The van der Waals surface area contributed by atoms with Crippen molar-refractivity contribution in [2.75, 3.05) is 27.2 Å². The number of hydrogen-bond donors (Lipinski definition) is 0. The molecule has 2 atom stereocenters. The Balaban J connectivity index is 1.66. The highest BCUT2D eigenvalue weighted by molar-refractivity contribution is 5.94. The molecule has 0 aliphatic carbocycles. The first-order valence-corrected chi connectivity index (χ1v) is 8.64. The van der Waals surface area contributed by atoms with Gasteiger partial charge >= 0.3 is 6.03 Å². The first-order valence-electron chi connectivity index (χ1n) is 8.64. The number of urea groups is 1. The number of fused-ring (bicyclic) bond motifs is 3. The summed E-state index contributed by atoms with van der Waals surface area (Å²) in [7, 11) is 3.46. The van der Waals surface area contributed by atoms with Gasteiger partial charge in [0.25, 0.3) is 5.91 Å². The number of nitrogens with zero attached hydrogens (tertiary/aromatic N) is 4. The maximum absolute atomic E-state index is 13.2. The monoisotopic (exact) mass is 356 g/mol. The number of likely N-dealkylation sites (tertiary alicyclic amines) is 1. The van der Waals surface area contributed by atoms with Crippen LogP contribution in [0.1, 0.15) is 22.1 Å². The van der Waals surface area contributed by atoms with Gasteiger partial charge in [-0.25, -0.2) is 9.18 Å². The fraction of sp³-hybridized carbons (Fsp3) is 0.368. The summed E-state index contributed by atoms with van der Waals surface area (Å²) < 4.78 is 15.2. The SMILES string of the molecule is CN(C)C(=O)N1C[C@@H]2[C@@H](C1)n1cccc1C(=O)N2Cc1ccc(F)cc1. The molecule has 7 heteroatoms. The summed E-state index contributed by atoms with van der Waals surface area (Å²) in [6.07, 6.45) is 1.91. The Morgan fingerprint density at radius 2 is 1.85 bits per heavy atom. The average molecular weight is 356 g/mol. The van der Waals surface area contributed by atoms with Gasteiger partial charge in [0, 0.05) is 39.9 Å². The zero-order valence-electron chi connectivity index (χ0n) is 14.8. The van der Waals surface area contributed by atoms with E-state index in [1.54, 1.807) is 36.0 Å². The number of rotatable bonds is 2. The number of aromatic nitrogens is 1. The normalized spacial score (nSPS) is 21.6. The van der Waals surface area contributed by atoms with E-state index in [1.807, 2.05) is 27.8 Å². The van der Waals surface area contributed by atoms with Crippen molar-refractivity contribution >= 4 is 11.9 Å². The lowest BCUT2D eigenvalue weighted by Gasteiger charge is -2.38. The van der Waals surface area contributed by atoms with E-state index < -0.39 is 0 Å². The molecule has 1 aromatic heterocycles. The Bertz CT molecular complexity index is 845. The lowest BCUT2D eigenvalue weighted by molar-refractivity contribution is 0.0557. The van der Waals surface area contributed by atoms with Crippen molar-refractivity contribution in [3.63, 3.8) is 0 Å². The Hall–Kier alpha value is -2.83. The van der Waals surface area contributed by atoms with E-state index in [0.717, 1.165) is 5.56 Å². The summed E-state index contributed by atoms with van der Waals surface area (Å²) in [4.78, 5) is 30.6. The molecule has 3 heterocycles. The highest BCUT2D eigenvalue weighted by Crippen LogP contribution is 2.34. The molecule has 6 nitrogen and oxygen atoms in total. The van der Waals surface area contributed by atoms with Gasteiger partial charge in [0.15, 0.2) is 0 Å². The lowest BCUT2D eigenvalue weighted by atomic mass is 10.0. The first-order chi connectivity index (χ1) is 12.5. The Morgan fingerprint density at radius 3 is 2.54 bits per heavy atom. The molecule has 1 saturated heterocycles. The predicted molar refractivity (Wildman–Crippen MR) is 94.2 cm³/mol. The van der Waals surface area contributed by atoms with Crippen molar-refractivity contribution in [2.24, 2.45) is 0 Å². The maximum atomic E-state index is 13.2. The molecule has 3 amide bonds. The number of halogens is 1. The molecule has 136 valence electrons. The molecule has 0 bridgehead atoms. The maximum Gasteiger partial charge on any atom is 0.319 e. The van der Waals surface area contributed by atoms with Gasteiger partial charge in [-0.3, -0.25) is 4.79 Å². The average Bonchev–Trinajstić information content (AvgIpc) is 3.26. The number of benzene rings is 1. The minimum absolute atomic E-state index is 0.0297. The summed E-state index contributed by atoms with van der Waals surface area (Å²) in [5.41, 5.74) is 1.50. The van der Waals surface area contributed by atoms with Crippen molar-refractivity contribution in [2.45, 2.75) is 18.6 Å². The summed E-state index contributed by atoms with van der Waals surface area (Å²) in [6, 6.07) is 9.75. The third-order valence-corrected chi connectivity index (χ3v) is 5.19. The molecule has 0 saturated carbocycles. The molecule has 26 heavy (non-hydrogen) atoms. The smallest absolute Gasteiger partial charge is 0.319 e. The molecule has 0 radical (unpaired) electrons. The van der Waals surface area contributed by atoms with Gasteiger partial charge in [0.2, 0.25) is 0 Å². The van der Waals surface area contributed by atoms with Crippen LogP contribution in [0.15, 0.2) is 42.6 Å². The van der Waals surface area contributed by atoms with E-state index in [0.29, 0.717) is 25.3 Å². The van der Waals surface area contributed by atoms with E-state index >= 15 is 0 Å². The van der Waals surface area contributed by atoms with E-state index in [9.17, 15) is 14.0 Å². The van der Waals surface area contributed by atoms with Crippen LogP contribution in [-0.2, 0) is 6.54 Å². The number of carbonyl (C=O) groups is 2. The molecule has 2 aromatic rings. The fourth-order valence-corrected chi connectivity index (χ4v) is 3.93. The molecule has 2 aliphatic heterocycles. The second-order valence-corrected chi connectivity index (χ2v) is 7.08. The highest BCUT2D eigenvalue weighted by atomic mass is 19.1. The van der Waals surface area contributed by atoms with Crippen LogP contribution in [-0.4, -0.2) is 64.4 Å². The molecule has 0 unspecified atom stereocenters. The van der Waals surface area contributed by atoms with E-state index in [1.165, 1.54) is 12.1 Å². The third kappa shape index (κ3) is 2.64. The third-order valence-electron chi connectivity index (χ3n) is 5.19. The molecular weight excluding hydrogens is 335 g/mol.